The van der Waals surface area contributed by atoms with E-state index < -0.39 is 5.97 Å². The second kappa shape index (κ2) is 5.47. The number of rotatable bonds is 3. The topological polar surface area (TPSA) is 50.2 Å². The number of pyridine rings is 1. The molecule has 0 aliphatic rings. The summed E-state index contributed by atoms with van der Waals surface area (Å²) in [5.74, 6) is -0.989. The average Bonchev–Trinajstić information content (AvgIpc) is 2.38. The number of aromatic nitrogens is 1. The maximum absolute atomic E-state index is 10.9. The molecule has 0 amide bonds. The molecule has 2 aromatic rings. The first-order chi connectivity index (χ1) is 8.66. The van der Waals surface area contributed by atoms with Crippen LogP contribution in [0.5, 0.6) is 0 Å². The highest BCUT2D eigenvalue weighted by Gasteiger charge is 2.07. The molecule has 0 unspecified atom stereocenters. The van der Waals surface area contributed by atoms with Crippen molar-refractivity contribution in [2.75, 3.05) is 0 Å². The second-order valence-corrected chi connectivity index (χ2v) is 4.08. The van der Waals surface area contributed by atoms with Crippen molar-refractivity contribution in [3.05, 3.63) is 71.0 Å². The summed E-state index contributed by atoms with van der Waals surface area (Å²) < 4.78 is 0. The van der Waals surface area contributed by atoms with Gasteiger partial charge in [0, 0.05) is 23.5 Å². The zero-order valence-corrected chi connectivity index (χ0v) is 10.1. The van der Waals surface area contributed by atoms with Crippen molar-refractivity contribution in [3.8, 4) is 0 Å². The summed E-state index contributed by atoms with van der Waals surface area (Å²) in [6.07, 6.45) is 4.43. The van der Waals surface area contributed by atoms with Gasteiger partial charge >= 0.3 is 5.97 Å². The minimum absolute atomic E-state index is 0.614. The molecule has 0 spiro atoms. The van der Waals surface area contributed by atoms with Crippen LogP contribution in [0.2, 0.25) is 5.02 Å². The minimum atomic E-state index is -0.989. The van der Waals surface area contributed by atoms with Gasteiger partial charge in [-0.3, -0.25) is 4.98 Å². The van der Waals surface area contributed by atoms with E-state index >= 15 is 0 Å². The summed E-state index contributed by atoms with van der Waals surface area (Å²) in [6, 6.07) is 10.6. The van der Waals surface area contributed by atoms with Crippen LogP contribution in [0.15, 0.2) is 54.9 Å². The Balaban J connectivity index is 2.51. The predicted molar refractivity (Wildman–Crippen MR) is 70.4 cm³/mol. The third kappa shape index (κ3) is 2.96. The molecule has 0 fully saturated rings. The lowest BCUT2D eigenvalue weighted by molar-refractivity contribution is -0.131. The standard InChI is InChI=1S/C14H10ClNO2/c15-12-3-1-10(2-4-12)13(9-14(17)18)11-5-7-16-8-6-11/h1-9H,(H,17,18). The SMILES string of the molecule is O=C(O)C=C(c1ccncc1)c1ccc(Cl)cc1. The van der Waals surface area contributed by atoms with Gasteiger partial charge in [0.1, 0.15) is 0 Å². The Kier molecular flexibility index (Phi) is 3.75. The summed E-state index contributed by atoms with van der Waals surface area (Å²) in [5.41, 5.74) is 2.23. The zero-order valence-electron chi connectivity index (χ0n) is 9.38. The number of benzene rings is 1. The normalized spacial score (nSPS) is 11.3. The Morgan fingerprint density at radius 1 is 1.06 bits per heavy atom. The quantitative estimate of drug-likeness (QED) is 0.861. The summed E-state index contributed by atoms with van der Waals surface area (Å²) in [4.78, 5) is 14.8. The molecule has 0 atom stereocenters. The molecule has 1 aromatic carbocycles. The Morgan fingerprint density at radius 3 is 2.17 bits per heavy atom. The highest BCUT2D eigenvalue weighted by Crippen LogP contribution is 2.24. The van der Waals surface area contributed by atoms with Crippen LogP contribution in [-0.4, -0.2) is 16.1 Å². The molecule has 0 saturated heterocycles. The van der Waals surface area contributed by atoms with Crippen molar-refractivity contribution in [1.29, 1.82) is 0 Å². The number of carbonyl (C=O) groups is 1. The maximum Gasteiger partial charge on any atom is 0.328 e. The Hall–Kier alpha value is -2.13. The van der Waals surface area contributed by atoms with Crippen molar-refractivity contribution in [1.82, 2.24) is 4.98 Å². The van der Waals surface area contributed by atoms with E-state index in [0.29, 0.717) is 10.6 Å². The largest absolute Gasteiger partial charge is 0.478 e. The Labute approximate surface area is 109 Å². The van der Waals surface area contributed by atoms with E-state index in [1.807, 2.05) is 0 Å². The fraction of sp³-hybridized carbons (Fsp3) is 0. The van der Waals surface area contributed by atoms with Crippen LogP contribution in [0.4, 0.5) is 0 Å². The van der Waals surface area contributed by atoms with E-state index in [9.17, 15) is 4.79 Å². The molecule has 3 nitrogen and oxygen atoms in total. The number of hydrogen-bond acceptors (Lipinski definition) is 2. The lowest BCUT2D eigenvalue weighted by Crippen LogP contribution is -1.94. The summed E-state index contributed by atoms with van der Waals surface area (Å²) in [7, 11) is 0. The van der Waals surface area contributed by atoms with Crippen molar-refractivity contribution < 1.29 is 9.90 Å². The molecule has 0 aliphatic heterocycles. The highest BCUT2D eigenvalue weighted by atomic mass is 35.5. The van der Waals surface area contributed by atoms with Gasteiger partial charge in [-0.25, -0.2) is 4.79 Å². The first kappa shape index (κ1) is 12.3. The summed E-state index contributed by atoms with van der Waals surface area (Å²) in [6.45, 7) is 0. The van der Waals surface area contributed by atoms with Gasteiger partial charge < -0.3 is 5.11 Å². The van der Waals surface area contributed by atoms with Gasteiger partial charge in [0.15, 0.2) is 0 Å². The molecule has 2 rings (SSSR count). The van der Waals surface area contributed by atoms with Crippen molar-refractivity contribution in [2.24, 2.45) is 0 Å². The van der Waals surface area contributed by atoms with Gasteiger partial charge in [-0.1, -0.05) is 23.7 Å². The molecule has 0 radical (unpaired) electrons. The van der Waals surface area contributed by atoms with Gasteiger partial charge in [0.2, 0.25) is 0 Å². The Bertz CT molecular complexity index is 577. The van der Waals surface area contributed by atoms with Crippen molar-refractivity contribution >= 4 is 23.1 Å². The Morgan fingerprint density at radius 2 is 1.61 bits per heavy atom. The molecule has 0 saturated carbocycles. The molecule has 1 N–H and O–H groups in total. The average molecular weight is 260 g/mol. The number of aliphatic carboxylic acids is 1. The molecule has 0 aliphatic carbocycles. The van der Waals surface area contributed by atoms with Crippen molar-refractivity contribution in [2.45, 2.75) is 0 Å². The molecular formula is C14H10ClNO2. The fourth-order valence-electron chi connectivity index (χ4n) is 1.62. The monoisotopic (exact) mass is 259 g/mol. The predicted octanol–water partition coefficient (Wildman–Crippen LogP) is 3.25. The molecule has 0 bridgehead atoms. The number of carboxylic acids is 1. The van der Waals surface area contributed by atoms with Gasteiger partial charge in [-0.05, 0) is 41.0 Å². The zero-order chi connectivity index (χ0) is 13.0. The van der Waals surface area contributed by atoms with Gasteiger partial charge in [-0.2, -0.15) is 0 Å². The fourth-order valence-corrected chi connectivity index (χ4v) is 1.74. The first-order valence-electron chi connectivity index (χ1n) is 5.28. The van der Waals surface area contributed by atoms with Crippen LogP contribution >= 0.6 is 11.6 Å². The first-order valence-corrected chi connectivity index (χ1v) is 5.65. The molecule has 1 heterocycles. The lowest BCUT2D eigenvalue weighted by atomic mass is 9.98. The molecule has 90 valence electrons. The smallest absolute Gasteiger partial charge is 0.328 e. The van der Waals surface area contributed by atoms with E-state index in [-0.39, 0.29) is 0 Å². The molecular weight excluding hydrogens is 250 g/mol. The van der Waals surface area contributed by atoms with Crippen LogP contribution in [0.25, 0.3) is 5.57 Å². The number of hydrogen-bond donors (Lipinski definition) is 1. The summed E-state index contributed by atoms with van der Waals surface area (Å²) in [5, 5.41) is 9.56. The van der Waals surface area contributed by atoms with Crippen LogP contribution in [0.3, 0.4) is 0 Å². The molecule has 4 heteroatoms. The summed E-state index contributed by atoms with van der Waals surface area (Å²) >= 11 is 5.82. The van der Waals surface area contributed by atoms with E-state index in [1.165, 1.54) is 6.08 Å². The third-order valence-corrected chi connectivity index (χ3v) is 2.67. The van der Waals surface area contributed by atoms with Crippen molar-refractivity contribution in [3.63, 3.8) is 0 Å². The van der Waals surface area contributed by atoms with Gasteiger partial charge in [-0.15, -0.1) is 0 Å². The molecule has 1 aromatic heterocycles. The van der Waals surface area contributed by atoms with E-state index in [1.54, 1.807) is 48.8 Å². The minimum Gasteiger partial charge on any atom is -0.478 e. The highest BCUT2D eigenvalue weighted by molar-refractivity contribution is 6.30. The van der Waals surface area contributed by atoms with Crippen LogP contribution < -0.4 is 0 Å². The van der Waals surface area contributed by atoms with E-state index in [0.717, 1.165) is 11.1 Å². The van der Waals surface area contributed by atoms with Crippen LogP contribution in [0, 0.1) is 0 Å². The maximum atomic E-state index is 10.9. The molecule has 18 heavy (non-hydrogen) atoms. The van der Waals surface area contributed by atoms with Gasteiger partial charge in [0.05, 0.1) is 0 Å². The number of nitrogens with zero attached hydrogens (tertiary/aromatic N) is 1. The van der Waals surface area contributed by atoms with Crippen LogP contribution in [-0.2, 0) is 4.79 Å². The van der Waals surface area contributed by atoms with E-state index in [4.69, 9.17) is 16.7 Å². The second-order valence-electron chi connectivity index (χ2n) is 3.64. The number of carboxylic acid groups (broad SMARTS) is 1. The van der Waals surface area contributed by atoms with Crippen LogP contribution in [0.1, 0.15) is 11.1 Å². The number of halogens is 1. The third-order valence-electron chi connectivity index (χ3n) is 2.41. The van der Waals surface area contributed by atoms with E-state index in [2.05, 4.69) is 4.98 Å². The van der Waals surface area contributed by atoms with Gasteiger partial charge in [0.25, 0.3) is 0 Å². The lowest BCUT2D eigenvalue weighted by Gasteiger charge is -2.07.